The van der Waals surface area contributed by atoms with Gasteiger partial charge in [0.15, 0.2) is 0 Å². The number of nitrogens with one attached hydrogen (secondary N) is 4. The average Bonchev–Trinajstić information content (AvgIpc) is 3.01. The molecule has 220 valence electrons. The largest absolute Gasteiger partial charge is 0.388 e. The van der Waals surface area contributed by atoms with E-state index in [1.807, 2.05) is 56.5 Å². The molecule has 0 atom stereocenters. The SMILES string of the molecule is C=C\C=C/C=C(C(=CC)/C(C(=C)NC)=C(/C=C)C(=N)c1ccccc1NCCCNSN)\C(=C\C)c1ccccc1C. The summed E-state index contributed by atoms with van der Waals surface area (Å²) in [5, 5.41) is 21.6. The molecule has 0 saturated heterocycles. The predicted molar refractivity (Wildman–Crippen MR) is 188 cm³/mol. The zero-order valence-electron chi connectivity index (χ0n) is 25.4. The van der Waals surface area contributed by atoms with Crippen LogP contribution in [0, 0.1) is 12.3 Å². The van der Waals surface area contributed by atoms with E-state index in [-0.39, 0.29) is 0 Å². The number of likely N-dealkylation sites (N-methyl/N-ethyl adjacent to an activating group) is 1. The van der Waals surface area contributed by atoms with Crippen LogP contribution in [0.25, 0.3) is 5.57 Å². The highest BCUT2D eigenvalue weighted by Crippen LogP contribution is 2.38. The van der Waals surface area contributed by atoms with Gasteiger partial charge in [-0.2, -0.15) is 0 Å². The first-order valence-electron chi connectivity index (χ1n) is 14.0. The summed E-state index contributed by atoms with van der Waals surface area (Å²) >= 11 is 1.12. The first-order chi connectivity index (χ1) is 20.4. The summed E-state index contributed by atoms with van der Waals surface area (Å²) in [6.45, 7) is 20.1. The molecule has 0 fully saturated rings. The number of anilines is 1. The Labute approximate surface area is 257 Å². The number of nitrogens with two attached hydrogens (primary N) is 1. The quantitative estimate of drug-likeness (QED) is 0.0564. The molecule has 5 nitrogen and oxygen atoms in total. The Morgan fingerprint density at radius 3 is 2.24 bits per heavy atom. The Kier molecular flexibility index (Phi) is 14.9. The Bertz CT molecular complexity index is 1420. The summed E-state index contributed by atoms with van der Waals surface area (Å²) in [5.74, 6) is 0. The summed E-state index contributed by atoms with van der Waals surface area (Å²) in [6, 6.07) is 16.3. The van der Waals surface area contributed by atoms with Crippen LogP contribution >= 0.6 is 12.1 Å². The second-order valence-corrected chi connectivity index (χ2v) is 9.88. The third-order valence-electron chi connectivity index (χ3n) is 6.77. The van der Waals surface area contributed by atoms with Gasteiger partial charge in [0.05, 0.1) is 5.71 Å². The number of allylic oxidation sites excluding steroid dienone is 11. The van der Waals surface area contributed by atoms with Crippen LogP contribution in [0.4, 0.5) is 5.69 Å². The molecule has 2 aromatic carbocycles. The molecule has 0 aromatic heterocycles. The van der Waals surface area contributed by atoms with Gasteiger partial charge in [-0.05, 0) is 61.1 Å². The average molecular weight is 580 g/mol. The van der Waals surface area contributed by atoms with Gasteiger partial charge in [0.1, 0.15) is 0 Å². The maximum atomic E-state index is 9.44. The molecule has 0 heterocycles. The van der Waals surface area contributed by atoms with Crippen LogP contribution in [0.15, 0.2) is 139 Å². The highest BCUT2D eigenvalue weighted by molar-refractivity contribution is 7.95. The minimum Gasteiger partial charge on any atom is -0.388 e. The summed E-state index contributed by atoms with van der Waals surface area (Å²) in [4.78, 5) is 0. The first-order valence-corrected chi connectivity index (χ1v) is 14.9. The molecule has 2 rings (SSSR count). The van der Waals surface area contributed by atoms with Gasteiger partial charge >= 0.3 is 0 Å². The molecule has 0 bridgehead atoms. The van der Waals surface area contributed by atoms with Gasteiger partial charge < -0.3 is 10.6 Å². The second-order valence-electron chi connectivity index (χ2n) is 9.36. The molecule has 0 spiro atoms. The Hall–Kier alpha value is -4.10. The van der Waals surface area contributed by atoms with E-state index in [1.165, 1.54) is 5.56 Å². The highest BCUT2D eigenvalue weighted by Gasteiger charge is 2.23. The molecule has 6 N–H and O–H groups in total. The maximum Gasteiger partial charge on any atom is 0.0712 e. The number of hydrogen-bond donors (Lipinski definition) is 5. The van der Waals surface area contributed by atoms with Gasteiger partial charge in [0, 0.05) is 60.4 Å². The fourth-order valence-corrected chi connectivity index (χ4v) is 4.95. The minimum atomic E-state index is 0.355. The van der Waals surface area contributed by atoms with Crippen molar-refractivity contribution >= 4 is 29.1 Å². The zero-order chi connectivity index (χ0) is 30.9. The molecule has 42 heavy (non-hydrogen) atoms. The molecule has 6 heteroatoms. The second kappa shape index (κ2) is 18.4. The van der Waals surface area contributed by atoms with E-state index in [0.29, 0.717) is 17.0 Å². The monoisotopic (exact) mass is 579 g/mol. The van der Waals surface area contributed by atoms with Gasteiger partial charge in [-0.25, -0.2) is 0 Å². The lowest BCUT2D eigenvalue weighted by Crippen LogP contribution is -2.17. The van der Waals surface area contributed by atoms with E-state index in [0.717, 1.165) is 70.8 Å². The van der Waals surface area contributed by atoms with E-state index < -0.39 is 0 Å². The summed E-state index contributed by atoms with van der Waals surface area (Å²) in [6.07, 6.45) is 14.6. The molecule has 0 aliphatic heterocycles. The van der Waals surface area contributed by atoms with Crippen molar-refractivity contribution < 1.29 is 0 Å². The van der Waals surface area contributed by atoms with Crippen LogP contribution in [0.1, 0.15) is 37.0 Å². The van der Waals surface area contributed by atoms with Crippen LogP contribution in [0.3, 0.4) is 0 Å². The molecule has 0 radical (unpaired) electrons. The molecule has 0 aliphatic carbocycles. The lowest BCUT2D eigenvalue weighted by molar-refractivity contribution is 0.833. The van der Waals surface area contributed by atoms with Crippen molar-refractivity contribution in [2.24, 2.45) is 5.14 Å². The fraction of sp³-hybridized carbons (Fsp3) is 0.194. The van der Waals surface area contributed by atoms with Crippen molar-refractivity contribution in [1.82, 2.24) is 10.0 Å². The van der Waals surface area contributed by atoms with E-state index >= 15 is 0 Å². The number of rotatable bonds is 17. The topological polar surface area (TPSA) is 86.0 Å². The molecule has 2 aromatic rings. The highest BCUT2D eigenvalue weighted by atomic mass is 32.2. The van der Waals surface area contributed by atoms with Gasteiger partial charge in [0.25, 0.3) is 0 Å². The zero-order valence-corrected chi connectivity index (χ0v) is 26.2. The van der Waals surface area contributed by atoms with Crippen LogP contribution < -0.4 is 20.5 Å². The first kappa shape index (κ1) is 34.1. The van der Waals surface area contributed by atoms with Crippen molar-refractivity contribution in [2.45, 2.75) is 27.2 Å². The fourth-order valence-electron chi connectivity index (χ4n) is 4.69. The van der Waals surface area contributed by atoms with E-state index in [2.05, 4.69) is 85.4 Å². The van der Waals surface area contributed by atoms with E-state index in [9.17, 15) is 5.41 Å². The molecule has 0 aliphatic rings. The smallest absolute Gasteiger partial charge is 0.0712 e. The Morgan fingerprint density at radius 1 is 0.952 bits per heavy atom. The van der Waals surface area contributed by atoms with E-state index in [4.69, 9.17) is 5.14 Å². The Balaban J connectivity index is 2.78. The lowest BCUT2D eigenvalue weighted by Gasteiger charge is -2.24. The number of hydrogen-bond acceptors (Lipinski definition) is 6. The van der Waals surface area contributed by atoms with Crippen LogP contribution in [0.2, 0.25) is 0 Å². The summed E-state index contributed by atoms with van der Waals surface area (Å²) in [5.41, 5.74) is 9.54. The van der Waals surface area contributed by atoms with E-state index in [1.54, 1.807) is 12.2 Å². The maximum absolute atomic E-state index is 9.44. The van der Waals surface area contributed by atoms with Gasteiger partial charge in [-0.1, -0.05) is 105 Å². The third kappa shape index (κ3) is 8.95. The van der Waals surface area contributed by atoms with Gasteiger partial charge in [-0.3, -0.25) is 15.3 Å². The van der Waals surface area contributed by atoms with Crippen LogP contribution in [-0.4, -0.2) is 25.8 Å². The predicted octanol–water partition coefficient (Wildman–Crippen LogP) is 8.21. The normalized spacial score (nSPS) is 13.0. The van der Waals surface area contributed by atoms with Crippen molar-refractivity contribution in [3.8, 4) is 0 Å². The molecular formula is C36H45N5S. The van der Waals surface area contributed by atoms with Gasteiger partial charge in [0.2, 0.25) is 0 Å². The van der Waals surface area contributed by atoms with Crippen LogP contribution in [0.5, 0.6) is 0 Å². The number of benzene rings is 2. The molecule has 0 saturated carbocycles. The standard InChI is InChI=1S/C36H45N5S/c1-8-12-13-21-32(28(9-2)31-20-15-14-19-26(31)5)29(10-3)35(27(6)39-7)30(11-4)36(37)33-22-16-17-23-34(33)40-24-18-25-41-42-38/h8-17,19-23,37,39-41H,1,4,6,18,24-25,38H2,2-3,5,7H3/b13-12-,28-9+,29-10?,32-21+,35-30-,37-36?. The van der Waals surface area contributed by atoms with Gasteiger partial charge in [-0.15, -0.1) is 0 Å². The molecule has 0 amide bonds. The van der Waals surface area contributed by atoms with Crippen molar-refractivity contribution in [3.63, 3.8) is 0 Å². The third-order valence-corrected chi connectivity index (χ3v) is 7.14. The van der Waals surface area contributed by atoms with Crippen molar-refractivity contribution in [2.75, 3.05) is 25.5 Å². The summed E-state index contributed by atoms with van der Waals surface area (Å²) < 4.78 is 3.06. The van der Waals surface area contributed by atoms with Crippen molar-refractivity contribution in [1.29, 1.82) is 5.41 Å². The summed E-state index contributed by atoms with van der Waals surface area (Å²) in [7, 11) is 1.85. The number of aryl methyl sites for hydroxylation is 1. The minimum absolute atomic E-state index is 0.355. The molecular weight excluding hydrogens is 534 g/mol. The van der Waals surface area contributed by atoms with Crippen LogP contribution in [-0.2, 0) is 0 Å². The number of para-hydroxylation sites is 1. The Morgan fingerprint density at radius 2 is 1.64 bits per heavy atom. The molecule has 0 unspecified atom stereocenters. The lowest BCUT2D eigenvalue weighted by atomic mass is 9.82. The van der Waals surface area contributed by atoms with Crippen molar-refractivity contribution in [3.05, 3.63) is 155 Å².